The van der Waals surface area contributed by atoms with E-state index < -0.39 is 6.10 Å². The molecule has 1 aromatic rings. The SMILES string of the molecule is COCC(O)CN1CCOC(CN2CCN(C(=O)c3cccc(OC)c3)CC2)C1. The molecule has 0 spiro atoms. The predicted octanol–water partition coefficient (Wildman–Crippen LogP) is 0.161. The minimum atomic E-state index is -0.468. The summed E-state index contributed by atoms with van der Waals surface area (Å²) in [6.07, 6.45) is -0.343. The fourth-order valence-corrected chi connectivity index (χ4v) is 3.96. The van der Waals surface area contributed by atoms with Crippen LogP contribution in [0.2, 0.25) is 0 Å². The number of ether oxygens (including phenoxy) is 3. The monoisotopic (exact) mass is 407 g/mol. The van der Waals surface area contributed by atoms with E-state index >= 15 is 0 Å². The van der Waals surface area contributed by atoms with Gasteiger partial charge < -0.3 is 24.2 Å². The third kappa shape index (κ3) is 6.38. The lowest BCUT2D eigenvalue weighted by atomic mass is 10.1. The largest absolute Gasteiger partial charge is 0.497 e. The molecule has 2 atom stereocenters. The Morgan fingerprint density at radius 1 is 1.21 bits per heavy atom. The second-order valence-electron chi connectivity index (χ2n) is 7.69. The predicted molar refractivity (Wildman–Crippen MR) is 109 cm³/mol. The Labute approximate surface area is 172 Å². The zero-order chi connectivity index (χ0) is 20.6. The summed E-state index contributed by atoms with van der Waals surface area (Å²) < 4.78 is 16.2. The summed E-state index contributed by atoms with van der Waals surface area (Å²) in [5.41, 5.74) is 0.665. The Bertz CT molecular complexity index is 651. The number of nitrogens with zero attached hydrogens (tertiary/aromatic N) is 3. The number of morpholine rings is 1. The van der Waals surface area contributed by atoms with Crippen molar-refractivity contribution in [2.45, 2.75) is 12.2 Å². The number of aliphatic hydroxyl groups is 1. The maximum absolute atomic E-state index is 12.8. The van der Waals surface area contributed by atoms with Gasteiger partial charge >= 0.3 is 0 Å². The van der Waals surface area contributed by atoms with Crippen molar-refractivity contribution in [1.29, 1.82) is 0 Å². The first kappa shape index (κ1) is 22.0. The molecule has 2 unspecified atom stereocenters. The standard InChI is InChI=1S/C21H33N3O5/c1-27-16-18(25)13-23-10-11-29-20(15-23)14-22-6-8-24(9-7-22)21(26)17-4-3-5-19(12-17)28-2/h3-5,12,18,20,25H,6-11,13-16H2,1-2H3. The summed E-state index contributed by atoms with van der Waals surface area (Å²) in [4.78, 5) is 19.2. The zero-order valence-corrected chi connectivity index (χ0v) is 17.5. The molecule has 2 aliphatic rings. The lowest BCUT2D eigenvalue weighted by molar-refractivity contribution is -0.0615. The number of benzene rings is 1. The van der Waals surface area contributed by atoms with Gasteiger partial charge in [-0.3, -0.25) is 14.6 Å². The maximum Gasteiger partial charge on any atom is 0.254 e. The van der Waals surface area contributed by atoms with Gasteiger partial charge in [0.2, 0.25) is 0 Å². The summed E-state index contributed by atoms with van der Waals surface area (Å²) in [5, 5.41) is 9.95. The van der Waals surface area contributed by atoms with Crippen molar-refractivity contribution < 1.29 is 24.1 Å². The van der Waals surface area contributed by atoms with Crippen molar-refractivity contribution in [2.24, 2.45) is 0 Å². The van der Waals surface area contributed by atoms with E-state index in [1.807, 2.05) is 23.1 Å². The van der Waals surface area contributed by atoms with Crippen molar-refractivity contribution in [3.63, 3.8) is 0 Å². The Hall–Kier alpha value is -1.71. The minimum Gasteiger partial charge on any atom is -0.497 e. The molecular formula is C21H33N3O5. The highest BCUT2D eigenvalue weighted by atomic mass is 16.5. The minimum absolute atomic E-state index is 0.0516. The smallest absolute Gasteiger partial charge is 0.254 e. The zero-order valence-electron chi connectivity index (χ0n) is 17.5. The van der Waals surface area contributed by atoms with Crippen LogP contribution in [0.25, 0.3) is 0 Å². The molecular weight excluding hydrogens is 374 g/mol. The van der Waals surface area contributed by atoms with Gasteiger partial charge in [-0.15, -0.1) is 0 Å². The van der Waals surface area contributed by atoms with E-state index in [1.54, 1.807) is 20.3 Å². The van der Waals surface area contributed by atoms with Crippen molar-refractivity contribution in [2.75, 3.05) is 79.8 Å². The Kier molecular flexibility index (Phi) is 8.26. The number of aliphatic hydroxyl groups excluding tert-OH is 1. The molecule has 29 heavy (non-hydrogen) atoms. The Morgan fingerprint density at radius 3 is 2.72 bits per heavy atom. The molecule has 2 heterocycles. The van der Waals surface area contributed by atoms with E-state index in [2.05, 4.69) is 9.80 Å². The molecule has 0 bridgehead atoms. The van der Waals surface area contributed by atoms with Crippen LogP contribution < -0.4 is 4.74 Å². The van der Waals surface area contributed by atoms with Crippen LogP contribution in [0.15, 0.2) is 24.3 Å². The third-order valence-electron chi connectivity index (χ3n) is 5.49. The van der Waals surface area contributed by atoms with Gasteiger partial charge in [0.05, 0.1) is 32.5 Å². The molecule has 0 radical (unpaired) electrons. The number of β-amino-alcohol motifs (C(OH)–C–C–N with tert-alkyl or cyclic N) is 1. The second-order valence-corrected chi connectivity index (χ2v) is 7.69. The molecule has 2 aliphatic heterocycles. The quantitative estimate of drug-likeness (QED) is 0.658. The third-order valence-corrected chi connectivity index (χ3v) is 5.49. The fourth-order valence-electron chi connectivity index (χ4n) is 3.96. The van der Waals surface area contributed by atoms with Crippen molar-refractivity contribution >= 4 is 5.91 Å². The van der Waals surface area contributed by atoms with Gasteiger partial charge in [-0.2, -0.15) is 0 Å². The fraction of sp³-hybridized carbons (Fsp3) is 0.667. The van der Waals surface area contributed by atoms with Crippen LogP contribution in [0.4, 0.5) is 0 Å². The van der Waals surface area contributed by atoms with Crippen LogP contribution in [0.1, 0.15) is 10.4 Å². The molecule has 2 saturated heterocycles. The first-order valence-electron chi connectivity index (χ1n) is 10.3. The number of amides is 1. The first-order valence-corrected chi connectivity index (χ1v) is 10.3. The highest BCUT2D eigenvalue weighted by Crippen LogP contribution is 2.16. The molecule has 1 amide bonds. The number of carbonyl (C=O) groups excluding carboxylic acids is 1. The van der Waals surface area contributed by atoms with E-state index in [1.165, 1.54) is 0 Å². The van der Waals surface area contributed by atoms with Crippen LogP contribution in [0, 0.1) is 0 Å². The Balaban J connectivity index is 1.44. The van der Waals surface area contributed by atoms with Gasteiger partial charge in [-0.1, -0.05) is 6.07 Å². The van der Waals surface area contributed by atoms with Crippen LogP contribution in [0.5, 0.6) is 5.75 Å². The van der Waals surface area contributed by atoms with Gasteiger partial charge in [-0.25, -0.2) is 0 Å². The summed E-state index contributed by atoms with van der Waals surface area (Å²) >= 11 is 0. The van der Waals surface area contributed by atoms with Gasteiger partial charge in [0.1, 0.15) is 5.75 Å². The summed E-state index contributed by atoms with van der Waals surface area (Å²) in [7, 11) is 3.21. The summed E-state index contributed by atoms with van der Waals surface area (Å²) in [5.74, 6) is 0.750. The van der Waals surface area contributed by atoms with E-state index in [-0.39, 0.29) is 12.0 Å². The van der Waals surface area contributed by atoms with E-state index in [9.17, 15) is 9.90 Å². The average Bonchev–Trinajstić information content (AvgIpc) is 2.74. The van der Waals surface area contributed by atoms with Gasteiger partial charge in [0.15, 0.2) is 0 Å². The highest BCUT2D eigenvalue weighted by molar-refractivity contribution is 5.94. The van der Waals surface area contributed by atoms with Crippen molar-refractivity contribution in [3.05, 3.63) is 29.8 Å². The second kappa shape index (κ2) is 10.9. The van der Waals surface area contributed by atoms with Gasteiger partial charge in [-0.05, 0) is 18.2 Å². The van der Waals surface area contributed by atoms with Crippen LogP contribution in [0.3, 0.4) is 0 Å². The molecule has 1 N–H and O–H groups in total. The highest BCUT2D eigenvalue weighted by Gasteiger charge is 2.27. The molecule has 0 aliphatic carbocycles. The number of methoxy groups -OCH3 is 2. The van der Waals surface area contributed by atoms with E-state index in [4.69, 9.17) is 14.2 Å². The molecule has 2 fully saturated rings. The topological polar surface area (TPSA) is 74.7 Å². The molecule has 8 heteroatoms. The number of rotatable bonds is 8. The number of hydrogen-bond donors (Lipinski definition) is 1. The van der Waals surface area contributed by atoms with E-state index in [0.29, 0.717) is 44.2 Å². The average molecular weight is 408 g/mol. The van der Waals surface area contributed by atoms with Gasteiger partial charge in [0.25, 0.3) is 5.91 Å². The number of carbonyl (C=O) groups is 1. The molecule has 8 nitrogen and oxygen atoms in total. The molecule has 162 valence electrons. The first-order chi connectivity index (χ1) is 14.1. The summed E-state index contributed by atoms with van der Waals surface area (Å²) in [6.45, 7) is 7.21. The van der Waals surface area contributed by atoms with Crippen LogP contribution >= 0.6 is 0 Å². The molecule has 3 rings (SSSR count). The number of hydrogen-bond acceptors (Lipinski definition) is 7. The lowest BCUT2D eigenvalue weighted by Gasteiger charge is -2.39. The van der Waals surface area contributed by atoms with Crippen LogP contribution in [-0.2, 0) is 9.47 Å². The maximum atomic E-state index is 12.8. The molecule has 0 aromatic heterocycles. The van der Waals surface area contributed by atoms with Crippen molar-refractivity contribution in [1.82, 2.24) is 14.7 Å². The van der Waals surface area contributed by atoms with E-state index in [0.717, 1.165) is 32.7 Å². The van der Waals surface area contributed by atoms with Crippen molar-refractivity contribution in [3.8, 4) is 5.75 Å². The van der Waals surface area contributed by atoms with Crippen LogP contribution in [-0.4, -0.2) is 118 Å². The lowest BCUT2D eigenvalue weighted by Crippen LogP contribution is -2.54. The normalized spacial score (nSPS) is 22.4. The molecule has 0 saturated carbocycles. The molecule has 1 aromatic carbocycles. The number of piperazine rings is 1. The Morgan fingerprint density at radius 2 is 2.00 bits per heavy atom. The van der Waals surface area contributed by atoms with Gasteiger partial charge in [0, 0.05) is 65.0 Å². The summed E-state index contributed by atoms with van der Waals surface area (Å²) in [6, 6.07) is 7.31.